The fourth-order valence-corrected chi connectivity index (χ4v) is 3.70. The Bertz CT molecular complexity index is 822. The van der Waals surface area contributed by atoms with Crippen molar-refractivity contribution in [1.82, 2.24) is 9.55 Å². The molecule has 1 heterocycles. The Hall–Kier alpha value is -1.49. The van der Waals surface area contributed by atoms with E-state index in [0.29, 0.717) is 16.7 Å². The van der Waals surface area contributed by atoms with Crippen LogP contribution >= 0.6 is 39.1 Å². The first-order valence-corrected chi connectivity index (χ1v) is 9.96. The zero-order valence-electron chi connectivity index (χ0n) is 14.1. The molecule has 0 aliphatic heterocycles. The second-order valence-electron chi connectivity index (χ2n) is 6.07. The lowest BCUT2D eigenvalue weighted by Crippen LogP contribution is -2.10. The monoisotopic (exact) mass is 452 g/mol. The molecule has 0 N–H and O–H groups in total. The number of ether oxygens (including phenoxy) is 1. The molecule has 1 atom stereocenters. The van der Waals surface area contributed by atoms with Crippen LogP contribution in [-0.4, -0.2) is 16.2 Å². The van der Waals surface area contributed by atoms with Crippen LogP contribution in [-0.2, 0) is 6.54 Å². The molecule has 0 aliphatic rings. The lowest BCUT2D eigenvalue weighted by atomic mass is 9.94. The number of benzene rings is 2. The topological polar surface area (TPSA) is 27.1 Å². The van der Waals surface area contributed by atoms with Gasteiger partial charge in [0.05, 0.1) is 12.9 Å². The van der Waals surface area contributed by atoms with Crippen LogP contribution in [0.5, 0.6) is 5.75 Å². The van der Waals surface area contributed by atoms with Gasteiger partial charge in [0, 0.05) is 39.4 Å². The third kappa shape index (κ3) is 5.50. The number of hydrogen-bond donors (Lipinski definition) is 0. The van der Waals surface area contributed by atoms with Gasteiger partial charge >= 0.3 is 0 Å². The first-order chi connectivity index (χ1) is 12.6. The van der Waals surface area contributed by atoms with Gasteiger partial charge in [-0.3, -0.25) is 0 Å². The fraction of sp³-hybridized carbons (Fsp3) is 0.250. The lowest BCUT2D eigenvalue weighted by Gasteiger charge is -2.19. The summed E-state index contributed by atoms with van der Waals surface area (Å²) in [6.45, 7) is 1.48. The molecule has 0 bridgehead atoms. The van der Waals surface area contributed by atoms with E-state index in [9.17, 15) is 0 Å². The molecule has 26 heavy (non-hydrogen) atoms. The van der Waals surface area contributed by atoms with Crippen molar-refractivity contribution in [3.63, 3.8) is 0 Å². The normalized spacial score (nSPS) is 12.1. The van der Waals surface area contributed by atoms with Crippen molar-refractivity contribution >= 4 is 39.1 Å². The Morgan fingerprint density at radius 2 is 1.92 bits per heavy atom. The highest BCUT2D eigenvalue weighted by molar-refractivity contribution is 9.10. The zero-order chi connectivity index (χ0) is 18.4. The average Bonchev–Trinajstić information content (AvgIpc) is 3.12. The molecular formula is C20H19BrCl2N2O. The minimum absolute atomic E-state index is 0.266. The van der Waals surface area contributed by atoms with Crippen LogP contribution < -0.4 is 4.74 Å². The van der Waals surface area contributed by atoms with E-state index >= 15 is 0 Å². The number of rotatable bonds is 8. The van der Waals surface area contributed by atoms with Crippen LogP contribution in [0.15, 0.2) is 65.7 Å². The maximum atomic E-state index is 6.44. The van der Waals surface area contributed by atoms with Gasteiger partial charge in [-0.25, -0.2) is 4.98 Å². The standard InChI is InChI=1S/C20H19BrCl2N2O/c21-16-3-6-18(7-4-16)26-11-1-2-15(13-25-10-9-24-14-25)19-8-5-17(22)12-20(19)23/h3-10,12,14-15H,1-2,11,13H2. The summed E-state index contributed by atoms with van der Waals surface area (Å²) in [5.41, 5.74) is 1.11. The number of halogens is 3. The molecule has 3 aromatic rings. The summed E-state index contributed by atoms with van der Waals surface area (Å²) in [6, 6.07) is 13.6. The molecule has 0 fully saturated rings. The van der Waals surface area contributed by atoms with Crippen LogP contribution in [0.25, 0.3) is 0 Å². The molecule has 136 valence electrons. The molecule has 0 spiro atoms. The summed E-state index contributed by atoms with van der Waals surface area (Å²) in [7, 11) is 0. The Morgan fingerprint density at radius 1 is 1.12 bits per heavy atom. The van der Waals surface area contributed by atoms with E-state index in [2.05, 4.69) is 25.5 Å². The number of hydrogen-bond acceptors (Lipinski definition) is 2. The minimum atomic E-state index is 0.266. The second kappa shape index (κ2) is 9.45. The summed E-state index contributed by atoms with van der Waals surface area (Å²) in [5.74, 6) is 1.14. The van der Waals surface area contributed by atoms with Gasteiger partial charge in [-0.15, -0.1) is 0 Å². The molecule has 0 saturated heterocycles. The Kier molecular flexibility index (Phi) is 7.00. The quantitative estimate of drug-likeness (QED) is 0.359. The van der Waals surface area contributed by atoms with E-state index in [0.717, 1.165) is 35.2 Å². The van der Waals surface area contributed by atoms with E-state index in [1.807, 2.05) is 48.9 Å². The molecule has 0 radical (unpaired) electrons. The van der Waals surface area contributed by atoms with E-state index in [-0.39, 0.29) is 5.92 Å². The third-order valence-corrected chi connectivity index (χ3v) is 5.26. The third-order valence-electron chi connectivity index (χ3n) is 4.17. The van der Waals surface area contributed by atoms with E-state index < -0.39 is 0 Å². The highest BCUT2D eigenvalue weighted by atomic mass is 79.9. The molecule has 0 saturated carbocycles. The van der Waals surface area contributed by atoms with E-state index in [1.54, 1.807) is 12.3 Å². The summed E-state index contributed by atoms with van der Waals surface area (Å²) >= 11 is 15.9. The fourth-order valence-electron chi connectivity index (χ4n) is 2.88. The van der Waals surface area contributed by atoms with Gasteiger partial charge in [-0.05, 0) is 54.8 Å². The molecular weight excluding hydrogens is 435 g/mol. The average molecular weight is 454 g/mol. The van der Waals surface area contributed by atoms with Crippen molar-refractivity contribution in [2.75, 3.05) is 6.61 Å². The van der Waals surface area contributed by atoms with Crippen LogP contribution in [0, 0.1) is 0 Å². The smallest absolute Gasteiger partial charge is 0.119 e. The van der Waals surface area contributed by atoms with E-state index in [1.165, 1.54) is 0 Å². The van der Waals surface area contributed by atoms with Gasteiger partial charge < -0.3 is 9.30 Å². The molecule has 6 heteroatoms. The predicted octanol–water partition coefficient (Wildman–Crippen LogP) is 6.60. The maximum Gasteiger partial charge on any atom is 0.119 e. The SMILES string of the molecule is Clc1ccc(C(CCCOc2ccc(Br)cc2)Cn2ccnc2)c(Cl)c1. The van der Waals surface area contributed by atoms with Crippen LogP contribution in [0.3, 0.4) is 0 Å². The Balaban J connectivity index is 1.62. The molecule has 3 rings (SSSR count). The van der Waals surface area contributed by atoms with Gasteiger partial charge in [0.25, 0.3) is 0 Å². The molecule has 2 aromatic carbocycles. The van der Waals surface area contributed by atoms with Crippen molar-refractivity contribution in [2.24, 2.45) is 0 Å². The van der Waals surface area contributed by atoms with Crippen molar-refractivity contribution in [3.8, 4) is 5.75 Å². The predicted molar refractivity (Wildman–Crippen MR) is 110 cm³/mol. The van der Waals surface area contributed by atoms with E-state index in [4.69, 9.17) is 27.9 Å². The van der Waals surface area contributed by atoms with Crippen molar-refractivity contribution in [3.05, 3.63) is 81.3 Å². The summed E-state index contributed by atoms with van der Waals surface area (Å²) in [5, 5.41) is 1.36. The van der Waals surface area contributed by atoms with Crippen molar-refractivity contribution in [2.45, 2.75) is 25.3 Å². The minimum Gasteiger partial charge on any atom is -0.494 e. The Morgan fingerprint density at radius 3 is 2.62 bits per heavy atom. The largest absolute Gasteiger partial charge is 0.494 e. The first-order valence-electron chi connectivity index (χ1n) is 8.41. The lowest BCUT2D eigenvalue weighted by molar-refractivity contribution is 0.298. The van der Waals surface area contributed by atoms with Gasteiger partial charge in [0.15, 0.2) is 0 Å². The van der Waals surface area contributed by atoms with Crippen LogP contribution in [0.4, 0.5) is 0 Å². The molecule has 1 aromatic heterocycles. The summed E-state index contributed by atoms with van der Waals surface area (Å²) < 4.78 is 8.96. The number of nitrogens with zero attached hydrogens (tertiary/aromatic N) is 2. The number of imidazole rings is 1. The molecule has 0 amide bonds. The highest BCUT2D eigenvalue weighted by Gasteiger charge is 2.16. The van der Waals surface area contributed by atoms with Crippen LogP contribution in [0.1, 0.15) is 24.3 Å². The molecule has 1 unspecified atom stereocenters. The van der Waals surface area contributed by atoms with Crippen molar-refractivity contribution in [1.29, 1.82) is 0 Å². The van der Waals surface area contributed by atoms with Gasteiger partial charge in [0.1, 0.15) is 5.75 Å². The van der Waals surface area contributed by atoms with Crippen LogP contribution in [0.2, 0.25) is 10.0 Å². The van der Waals surface area contributed by atoms with Gasteiger partial charge in [0.2, 0.25) is 0 Å². The first kappa shape index (κ1) is 19.3. The van der Waals surface area contributed by atoms with Gasteiger partial charge in [-0.1, -0.05) is 45.2 Å². The Labute approximate surface area is 172 Å². The summed E-state index contributed by atoms with van der Waals surface area (Å²) in [4.78, 5) is 4.13. The molecule has 0 aliphatic carbocycles. The zero-order valence-corrected chi connectivity index (χ0v) is 17.2. The second-order valence-corrected chi connectivity index (χ2v) is 7.83. The maximum absolute atomic E-state index is 6.44. The summed E-state index contributed by atoms with van der Waals surface area (Å²) in [6.07, 6.45) is 7.46. The van der Waals surface area contributed by atoms with Crippen molar-refractivity contribution < 1.29 is 4.74 Å². The number of aromatic nitrogens is 2. The molecule has 3 nitrogen and oxygen atoms in total. The highest BCUT2D eigenvalue weighted by Crippen LogP contribution is 2.31. The van der Waals surface area contributed by atoms with Gasteiger partial charge in [-0.2, -0.15) is 0 Å².